The number of benzene rings is 3. The molecule has 0 aliphatic carbocycles. The summed E-state index contributed by atoms with van der Waals surface area (Å²) < 4.78 is 12.7. The van der Waals surface area contributed by atoms with Crippen molar-refractivity contribution in [2.24, 2.45) is 0 Å². The van der Waals surface area contributed by atoms with Gasteiger partial charge in [-0.25, -0.2) is 0 Å². The van der Waals surface area contributed by atoms with E-state index in [9.17, 15) is 0 Å². The van der Waals surface area contributed by atoms with E-state index < -0.39 is 0 Å². The molecule has 0 amide bonds. The Balaban J connectivity index is 1.72. The van der Waals surface area contributed by atoms with E-state index in [1.165, 1.54) is 16.7 Å². The van der Waals surface area contributed by atoms with Crippen LogP contribution in [0.25, 0.3) is 0 Å². The van der Waals surface area contributed by atoms with Gasteiger partial charge in [0, 0.05) is 12.6 Å². The van der Waals surface area contributed by atoms with Crippen LogP contribution in [0.15, 0.2) is 71.2 Å². The minimum absolute atomic E-state index is 0.331. The molecule has 0 heterocycles. The van der Waals surface area contributed by atoms with Crippen molar-refractivity contribution < 1.29 is 9.47 Å². The van der Waals surface area contributed by atoms with Crippen molar-refractivity contribution in [1.29, 1.82) is 0 Å². The first kappa shape index (κ1) is 22.4. The summed E-state index contributed by atoms with van der Waals surface area (Å²) in [6.07, 6.45) is 2.23. The standard InChI is InChI=1S/C26H30BrNO2/c1-4-10-24(21-12-6-5-7-13-21)28-17-20-15-23(27)26(25(16-20)29-3)30-18-22-14-9-8-11-19(22)2/h5-9,11-16,24,28H,4,10,17-18H2,1-3H3. The Labute approximate surface area is 188 Å². The van der Waals surface area contributed by atoms with E-state index in [1.807, 2.05) is 12.1 Å². The Morgan fingerprint density at radius 1 is 1.00 bits per heavy atom. The molecule has 4 heteroatoms. The van der Waals surface area contributed by atoms with Crippen molar-refractivity contribution >= 4 is 15.9 Å². The van der Waals surface area contributed by atoms with E-state index in [0.717, 1.165) is 40.9 Å². The highest BCUT2D eigenvalue weighted by Crippen LogP contribution is 2.37. The molecule has 3 rings (SSSR count). The van der Waals surface area contributed by atoms with Crippen LogP contribution in [0.3, 0.4) is 0 Å². The van der Waals surface area contributed by atoms with Crippen LogP contribution in [0.4, 0.5) is 0 Å². The van der Waals surface area contributed by atoms with Gasteiger partial charge < -0.3 is 14.8 Å². The number of nitrogens with one attached hydrogen (secondary N) is 1. The topological polar surface area (TPSA) is 30.5 Å². The first-order chi connectivity index (χ1) is 14.6. The van der Waals surface area contributed by atoms with Crippen LogP contribution in [0.5, 0.6) is 11.5 Å². The second kappa shape index (κ2) is 11.2. The van der Waals surface area contributed by atoms with Crippen LogP contribution in [0.2, 0.25) is 0 Å². The largest absolute Gasteiger partial charge is 0.493 e. The minimum Gasteiger partial charge on any atom is -0.493 e. The summed E-state index contributed by atoms with van der Waals surface area (Å²) in [6, 6.07) is 23.4. The van der Waals surface area contributed by atoms with Crippen molar-refractivity contribution in [2.75, 3.05) is 7.11 Å². The molecule has 0 saturated heterocycles. The second-order valence-electron chi connectivity index (χ2n) is 7.46. The van der Waals surface area contributed by atoms with Gasteiger partial charge >= 0.3 is 0 Å². The molecule has 158 valence electrons. The van der Waals surface area contributed by atoms with E-state index in [4.69, 9.17) is 9.47 Å². The highest BCUT2D eigenvalue weighted by molar-refractivity contribution is 9.10. The number of hydrogen-bond acceptors (Lipinski definition) is 3. The Hall–Kier alpha value is -2.30. The highest BCUT2D eigenvalue weighted by Gasteiger charge is 2.14. The van der Waals surface area contributed by atoms with E-state index in [-0.39, 0.29) is 0 Å². The molecule has 0 radical (unpaired) electrons. The predicted octanol–water partition coefficient (Wildman–Crippen LogP) is 6.98. The van der Waals surface area contributed by atoms with Crippen molar-refractivity contribution in [3.63, 3.8) is 0 Å². The Morgan fingerprint density at radius 2 is 1.73 bits per heavy atom. The zero-order valence-corrected chi connectivity index (χ0v) is 19.5. The summed E-state index contributed by atoms with van der Waals surface area (Å²) >= 11 is 3.68. The van der Waals surface area contributed by atoms with Crippen molar-refractivity contribution in [3.8, 4) is 11.5 Å². The van der Waals surface area contributed by atoms with Gasteiger partial charge in [-0.2, -0.15) is 0 Å². The molecular weight excluding hydrogens is 438 g/mol. The quantitative estimate of drug-likeness (QED) is 0.348. The average Bonchev–Trinajstić information content (AvgIpc) is 2.77. The Morgan fingerprint density at radius 3 is 2.43 bits per heavy atom. The van der Waals surface area contributed by atoms with Gasteiger partial charge in [-0.3, -0.25) is 0 Å². The number of aryl methyl sites for hydroxylation is 1. The molecule has 0 aromatic heterocycles. The second-order valence-corrected chi connectivity index (χ2v) is 8.31. The first-order valence-electron chi connectivity index (χ1n) is 10.4. The third-order valence-corrected chi connectivity index (χ3v) is 5.84. The molecule has 0 saturated carbocycles. The van der Waals surface area contributed by atoms with Crippen LogP contribution >= 0.6 is 15.9 Å². The van der Waals surface area contributed by atoms with Gasteiger partial charge in [-0.1, -0.05) is 67.9 Å². The maximum Gasteiger partial charge on any atom is 0.175 e. The van der Waals surface area contributed by atoms with Gasteiger partial charge in [0.15, 0.2) is 11.5 Å². The molecular formula is C26H30BrNO2. The Kier molecular flexibility index (Phi) is 8.35. The maximum absolute atomic E-state index is 6.12. The highest BCUT2D eigenvalue weighted by atomic mass is 79.9. The van der Waals surface area contributed by atoms with Crippen molar-refractivity contribution in [2.45, 2.75) is 45.9 Å². The summed E-state index contributed by atoms with van der Waals surface area (Å²) in [4.78, 5) is 0. The maximum atomic E-state index is 6.12. The third-order valence-electron chi connectivity index (χ3n) is 5.25. The molecule has 1 N–H and O–H groups in total. The number of methoxy groups -OCH3 is 1. The van der Waals surface area contributed by atoms with E-state index in [2.05, 4.69) is 89.7 Å². The summed E-state index contributed by atoms with van der Waals surface area (Å²) in [5.74, 6) is 1.47. The lowest BCUT2D eigenvalue weighted by atomic mass is 10.0. The lowest BCUT2D eigenvalue weighted by Gasteiger charge is -2.20. The van der Waals surface area contributed by atoms with Crippen LogP contribution < -0.4 is 14.8 Å². The molecule has 0 spiro atoms. The summed E-state index contributed by atoms with van der Waals surface area (Å²) in [5, 5.41) is 3.70. The lowest BCUT2D eigenvalue weighted by Crippen LogP contribution is -2.20. The Bertz CT molecular complexity index is 943. The summed E-state index contributed by atoms with van der Waals surface area (Å²) in [6.45, 7) is 5.58. The number of ether oxygens (including phenoxy) is 2. The van der Waals surface area contributed by atoms with Gasteiger partial charge in [-0.05, 0) is 63.7 Å². The van der Waals surface area contributed by atoms with Gasteiger partial charge in [0.1, 0.15) is 6.61 Å². The van der Waals surface area contributed by atoms with Crippen LogP contribution in [-0.2, 0) is 13.2 Å². The fourth-order valence-corrected chi connectivity index (χ4v) is 4.14. The normalized spacial score (nSPS) is 11.9. The lowest BCUT2D eigenvalue weighted by molar-refractivity contribution is 0.281. The molecule has 0 fully saturated rings. The number of rotatable bonds is 10. The number of hydrogen-bond donors (Lipinski definition) is 1. The molecule has 0 aliphatic heterocycles. The van der Waals surface area contributed by atoms with Gasteiger partial charge in [-0.15, -0.1) is 0 Å². The molecule has 1 unspecified atom stereocenters. The van der Waals surface area contributed by atoms with Crippen LogP contribution in [0, 0.1) is 6.92 Å². The first-order valence-corrected chi connectivity index (χ1v) is 11.2. The van der Waals surface area contributed by atoms with Gasteiger partial charge in [0.05, 0.1) is 11.6 Å². The van der Waals surface area contributed by atoms with Gasteiger partial charge in [0.25, 0.3) is 0 Å². The third kappa shape index (κ3) is 5.87. The molecule has 30 heavy (non-hydrogen) atoms. The molecule has 1 atom stereocenters. The molecule has 3 aromatic rings. The van der Waals surface area contributed by atoms with Crippen LogP contribution in [0.1, 0.15) is 48.1 Å². The molecule has 3 nitrogen and oxygen atoms in total. The number of halogens is 1. The zero-order chi connectivity index (χ0) is 21.3. The van der Waals surface area contributed by atoms with E-state index in [1.54, 1.807) is 7.11 Å². The molecule has 3 aromatic carbocycles. The molecule has 0 aliphatic rings. The van der Waals surface area contributed by atoms with Crippen molar-refractivity contribution in [1.82, 2.24) is 5.32 Å². The summed E-state index contributed by atoms with van der Waals surface area (Å²) in [7, 11) is 1.68. The predicted molar refractivity (Wildman–Crippen MR) is 127 cm³/mol. The smallest absolute Gasteiger partial charge is 0.175 e. The monoisotopic (exact) mass is 467 g/mol. The molecule has 0 bridgehead atoms. The van der Waals surface area contributed by atoms with Crippen molar-refractivity contribution in [3.05, 3.63) is 93.5 Å². The SMILES string of the molecule is CCCC(NCc1cc(Br)c(OCc2ccccc2C)c(OC)c1)c1ccccc1. The van der Waals surface area contributed by atoms with E-state index >= 15 is 0 Å². The fourth-order valence-electron chi connectivity index (χ4n) is 3.54. The van der Waals surface area contributed by atoms with Gasteiger partial charge in [0.2, 0.25) is 0 Å². The van der Waals surface area contributed by atoms with E-state index in [0.29, 0.717) is 12.6 Å². The van der Waals surface area contributed by atoms with Crippen LogP contribution in [-0.4, -0.2) is 7.11 Å². The minimum atomic E-state index is 0.331. The zero-order valence-electron chi connectivity index (χ0n) is 18.0. The summed E-state index contributed by atoms with van der Waals surface area (Å²) in [5.41, 5.74) is 4.86. The average molecular weight is 468 g/mol. The fraction of sp³-hybridized carbons (Fsp3) is 0.308.